The maximum atomic E-state index is 10.0. The van der Waals surface area contributed by atoms with Crippen molar-refractivity contribution in [1.82, 2.24) is 9.71 Å². The minimum Gasteiger partial charge on any atom is -0.493 e. The van der Waals surface area contributed by atoms with Crippen molar-refractivity contribution in [2.45, 2.75) is 26.2 Å². The summed E-state index contributed by atoms with van der Waals surface area (Å²) >= 11 is 0. The molecule has 0 bridgehead atoms. The van der Waals surface area contributed by atoms with Gasteiger partial charge in [-0.3, -0.25) is 5.41 Å². The van der Waals surface area contributed by atoms with Crippen LogP contribution in [-0.4, -0.2) is 21.5 Å². The second kappa shape index (κ2) is 5.60. The number of allylic oxidation sites excluding steroid dienone is 2. The van der Waals surface area contributed by atoms with E-state index in [-0.39, 0.29) is 5.62 Å². The van der Waals surface area contributed by atoms with E-state index in [0.717, 1.165) is 28.2 Å². The average molecular weight is 285 g/mol. The van der Waals surface area contributed by atoms with Crippen LogP contribution in [-0.2, 0) is 6.42 Å². The molecule has 21 heavy (non-hydrogen) atoms. The molecule has 1 aliphatic rings. The molecular weight excluding hydrogens is 266 g/mol. The van der Waals surface area contributed by atoms with Crippen LogP contribution in [0.25, 0.3) is 10.9 Å². The number of aromatic nitrogens is 2. The molecule has 5 nitrogen and oxygen atoms in total. The van der Waals surface area contributed by atoms with Gasteiger partial charge in [0.05, 0.1) is 17.8 Å². The highest BCUT2D eigenvalue weighted by Crippen LogP contribution is 2.30. The second-order valence-corrected chi connectivity index (χ2v) is 5.40. The van der Waals surface area contributed by atoms with Gasteiger partial charge in [0.2, 0.25) is 0 Å². The Hall–Kier alpha value is -2.30. The SMILES string of the molecule is CC=CCc1nc(=N)n(O)c2cc(OCC3CC3)ccc12. The van der Waals surface area contributed by atoms with Crippen LogP contribution in [0, 0.1) is 11.3 Å². The molecule has 1 aliphatic carbocycles. The van der Waals surface area contributed by atoms with Crippen molar-refractivity contribution in [3.05, 3.63) is 41.7 Å². The summed E-state index contributed by atoms with van der Waals surface area (Å²) in [5.41, 5.74) is 1.18. The van der Waals surface area contributed by atoms with Crippen LogP contribution in [0.4, 0.5) is 0 Å². The maximum absolute atomic E-state index is 10.0. The molecular formula is C16H19N3O2. The molecule has 1 aromatic carbocycles. The van der Waals surface area contributed by atoms with Gasteiger partial charge in [-0.1, -0.05) is 12.2 Å². The van der Waals surface area contributed by atoms with Crippen LogP contribution in [0.1, 0.15) is 25.5 Å². The van der Waals surface area contributed by atoms with E-state index in [4.69, 9.17) is 10.1 Å². The van der Waals surface area contributed by atoms with Gasteiger partial charge in [0, 0.05) is 17.9 Å². The predicted octanol–water partition coefficient (Wildman–Crippen LogP) is 2.66. The molecule has 110 valence electrons. The lowest BCUT2D eigenvalue weighted by Crippen LogP contribution is -2.23. The first-order valence-electron chi connectivity index (χ1n) is 7.22. The van der Waals surface area contributed by atoms with E-state index < -0.39 is 0 Å². The van der Waals surface area contributed by atoms with Crippen molar-refractivity contribution in [3.8, 4) is 5.75 Å². The number of rotatable bonds is 5. The highest BCUT2D eigenvalue weighted by molar-refractivity contribution is 5.82. The first kappa shape index (κ1) is 13.7. The van der Waals surface area contributed by atoms with Crippen LogP contribution in [0.2, 0.25) is 0 Å². The molecule has 0 atom stereocenters. The molecule has 0 radical (unpaired) electrons. The average Bonchev–Trinajstić information content (AvgIpc) is 3.31. The van der Waals surface area contributed by atoms with E-state index >= 15 is 0 Å². The van der Waals surface area contributed by atoms with Crippen LogP contribution < -0.4 is 10.4 Å². The van der Waals surface area contributed by atoms with Gasteiger partial charge in [-0.15, -0.1) is 4.73 Å². The molecule has 3 rings (SSSR count). The van der Waals surface area contributed by atoms with Crippen LogP contribution in [0.5, 0.6) is 5.75 Å². The molecule has 0 amide bonds. The monoisotopic (exact) mass is 285 g/mol. The summed E-state index contributed by atoms with van der Waals surface area (Å²) in [6, 6.07) is 5.57. The van der Waals surface area contributed by atoms with E-state index in [1.807, 2.05) is 31.2 Å². The first-order valence-corrected chi connectivity index (χ1v) is 7.22. The summed E-state index contributed by atoms with van der Waals surface area (Å²) in [5, 5.41) is 18.6. The smallest absolute Gasteiger partial charge is 0.256 e. The molecule has 0 saturated heterocycles. The highest BCUT2D eigenvalue weighted by atomic mass is 16.5. The molecule has 2 N–H and O–H groups in total. The van der Waals surface area contributed by atoms with Gasteiger partial charge in [0.25, 0.3) is 5.62 Å². The standard InChI is InChI=1S/C16H19N3O2/c1-2-3-4-14-13-8-7-12(21-10-11-5-6-11)9-15(13)19(20)16(17)18-14/h2-3,7-9,11,17,20H,4-6,10H2,1H3. The Morgan fingerprint density at radius 1 is 1.48 bits per heavy atom. The van der Waals surface area contributed by atoms with Gasteiger partial charge in [-0.05, 0) is 37.8 Å². The molecule has 0 unspecified atom stereocenters. The fourth-order valence-electron chi connectivity index (χ4n) is 2.25. The van der Waals surface area contributed by atoms with Crippen LogP contribution in [0.3, 0.4) is 0 Å². The molecule has 0 spiro atoms. The zero-order chi connectivity index (χ0) is 14.8. The summed E-state index contributed by atoms with van der Waals surface area (Å²) in [5.74, 6) is 1.40. The molecule has 5 heteroatoms. The third-order valence-corrected chi connectivity index (χ3v) is 3.68. The number of hydrogen-bond acceptors (Lipinski definition) is 4. The molecule has 1 fully saturated rings. The Morgan fingerprint density at radius 3 is 3.00 bits per heavy atom. The maximum Gasteiger partial charge on any atom is 0.256 e. The normalized spacial score (nSPS) is 14.9. The minimum atomic E-state index is -0.165. The van der Waals surface area contributed by atoms with Crippen molar-refractivity contribution in [3.63, 3.8) is 0 Å². The topological polar surface area (TPSA) is 71.1 Å². The van der Waals surface area contributed by atoms with E-state index in [1.54, 1.807) is 6.07 Å². The van der Waals surface area contributed by atoms with Gasteiger partial charge < -0.3 is 9.94 Å². The van der Waals surface area contributed by atoms with Crippen molar-refractivity contribution in [2.24, 2.45) is 5.92 Å². The summed E-state index contributed by atoms with van der Waals surface area (Å²) < 4.78 is 6.54. The molecule has 1 heterocycles. The number of ether oxygens (including phenoxy) is 1. The zero-order valence-electron chi connectivity index (χ0n) is 12.0. The summed E-state index contributed by atoms with van der Waals surface area (Å²) in [7, 11) is 0. The summed E-state index contributed by atoms with van der Waals surface area (Å²) in [4.78, 5) is 4.14. The lowest BCUT2D eigenvalue weighted by atomic mass is 10.1. The van der Waals surface area contributed by atoms with Gasteiger partial charge >= 0.3 is 0 Å². The van der Waals surface area contributed by atoms with Crippen molar-refractivity contribution < 1.29 is 9.94 Å². The third kappa shape index (κ3) is 2.91. The molecule has 1 aromatic heterocycles. The Morgan fingerprint density at radius 2 is 2.29 bits per heavy atom. The Labute approximate surface area is 123 Å². The van der Waals surface area contributed by atoms with Gasteiger partial charge in [-0.25, -0.2) is 4.98 Å². The Balaban J connectivity index is 2.01. The zero-order valence-corrected chi connectivity index (χ0v) is 12.0. The van der Waals surface area contributed by atoms with Crippen molar-refractivity contribution in [2.75, 3.05) is 6.61 Å². The number of nitrogens with zero attached hydrogens (tertiary/aromatic N) is 2. The minimum absolute atomic E-state index is 0.165. The fraction of sp³-hybridized carbons (Fsp3) is 0.375. The van der Waals surface area contributed by atoms with Crippen molar-refractivity contribution >= 4 is 10.9 Å². The van der Waals surface area contributed by atoms with Crippen LogP contribution in [0.15, 0.2) is 30.4 Å². The fourth-order valence-corrected chi connectivity index (χ4v) is 2.25. The van der Waals surface area contributed by atoms with Crippen molar-refractivity contribution in [1.29, 1.82) is 5.41 Å². The van der Waals surface area contributed by atoms with Gasteiger partial charge in [-0.2, -0.15) is 0 Å². The number of hydrogen-bond donors (Lipinski definition) is 2. The predicted molar refractivity (Wildman–Crippen MR) is 79.5 cm³/mol. The Kier molecular flexibility index (Phi) is 3.64. The van der Waals surface area contributed by atoms with Gasteiger partial charge in [0.1, 0.15) is 5.75 Å². The van der Waals surface area contributed by atoms with E-state index in [1.165, 1.54) is 12.8 Å². The van der Waals surface area contributed by atoms with E-state index in [2.05, 4.69) is 4.98 Å². The molecule has 0 aliphatic heterocycles. The lowest BCUT2D eigenvalue weighted by molar-refractivity contribution is 0.178. The number of fused-ring (bicyclic) bond motifs is 1. The highest BCUT2D eigenvalue weighted by Gasteiger charge is 2.22. The quantitative estimate of drug-likeness (QED) is 0.655. The van der Waals surface area contributed by atoms with Gasteiger partial charge in [0.15, 0.2) is 0 Å². The molecule has 1 saturated carbocycles. The largest absolute Gasteiger partial charge is 0.493 e. The lowest BCUT2D eigenvalue weighted by Gasteiger charge is -2.10. The number of benzene rings is 1. The third-order valence-electron chi connectivity index (χ3n) is 3.68. The summed E-state index contributed by atoms with van der Waals surface area (Å²) in [6.45, 7) is 2.67. The Bertz CT molecular complexity index is 745. The van der Waals surface area contributed by atoms with Crippen LogP contribution >= 0.6 is 0 Å². The van der Waals surface area contributed by atoms with E-state index in [9.17, 15) is 5.21 Å². The summed E-state index contributed by atoms with van der Waals surface area (Å²) in [6.07, 6.45) is 7.05. The molecule has 2 aromatic rings. The number of nitrogens with one attached hydrogen (secondary N) is 1. The van der Waals surface area contributed by atoms with E-state index in [0.29, 0.717) is 17.9 Å². The second-order valence-electron chi connectivity index (χ2n) is 5.40. The first-order chi connectivity index (χ1) is 10.2.